The molecule has 132 valence electrons. The van der Waals surface area contributed by atoms with E-state index in [1.54, 1.807) is 24.0 Å². The van der Waals surface area contributed by atoms with Gasteiger partial charge in [0.25, 0.3) is 5.56 Å². The maximum atomic E-state index is 13.0. The highest BCUT2D eigenvalue weighted by Crippen LogP contribution is 2.23. The van der Waals surface area contributed by atoms with Gasteiger partial charge in [-0.1, -0.05) is 12.1 Å². The molecular weight excluding hydrogens is 325 g/mol. The first-order valence-corrected chi connectivity index (χ1v) is 8.22. The van der Waals surface area contributed by atoms with E-state index in [0.29, 0.717) is 44.1 Å². The maximum Gasteiger partial charge on any atom is 0.251 e. The highest BCUT2D eigenvalue weighted by atomic mass is 19.1. The lowest BCUT2D eigenvalue weighted by Crippen LogP contribution is -2.44. The summed E-state index contributed by atoms with van der Waals surface area (Å²) < 4.78 is 18.4. The molecular formula is C18H20FN3O3. The number of halogens is 1. The molecule has 1 aliphatic rings. The smallest absolute Gasteiger partial charge is 0.251 e. The molecule has 0 bridgehead atoms. The van der Waals surface area contributed by atoms with E-state index in [1.165, 1.54) is 18.2 Å². The highest BCUT2D eigenvalue weighted by molar-refractivity contribution is 5.77. The summed E-state index contributed by atoms with van der Waals surface area (Å²) in [5, 5.41) is 0. The van der Waals surface area contributed by atoms with Gasteiger partial charge in [0.1, 0.15) is 11.6 Å². The number of morpholine rings is 1. The number of aromatic amines is 1. The minimum absolute atomic E-state index is 0.0302. The molecule has 7 heteroatoms. The van der Waals surface area contributed by atoms with Gasteiger partial charge in [0.2, 0.25) is 5.91 Å². The third kappa shape index (κ3) is 4.30. The van der Waals surface area contributed by atoms with Crippen LogP contribution >= 0.6 is 0 Å². The predicted molar refractivity (Wildman–Crippen MR) is 89.6 cm³/mol. The molecule has 1 N–H and O–H groups in total. The van der Waals surface area contributed by atoms with Gasteiger partial charge in [-0.3, -0.25) is 9.59 Å². The molecule has 1 aliphatic heterocycles. The van der Waals surface area contributed by atoms with E-state index in [2.05, 4.69) is 9.97 Å². The summed E-state index contributed by atoms with van der Waals surface area (Å²) in [4.78, 5) is 33.0. The van der Waals surface area contributed by atoms with Crippen LogP contribution in [0.5, 0.6) is 0 Å². The Morgan fingerprint density at radius 1 is 1.40 bits per heavy atom. The molecule has 25 heavy (non-hydrogen) atoms. The Morgan fingerprint density at radius 2 is 2.16 bits per heavy atom. The van der Waals surface area contributed by atoms with Gasteiger partial charge < -0.3 is 14.6 Å². The zero-order chi connectivity index (χ0) is 17.8. The standard InChI is InChI=1S/C18H20FN3O3/c1-12-20-15(10-17(23)21-12)16-11-25-9-8-22(16)18(24)7-4-13-2-5-14(19)6-3-13/h2-3,5-6,10,16H,4,7-9,11H2,1H3,(H,20,21,23)/t16-/m0/s1. The van der Waals surface area contributed by atoms with Crippen LogP contribution in [-0.4, -0.2) is 40.5 Å². The van der Waals surface area contributed by atoms with E-state index < -0.39 is 0 Å². The zero-order valence-corrected chi connectivity index (χ0v) is 14.0. The first-order chi connectivity index (χ1) is 12.0. The van der Waals surface area contributed by atoms with E-state index in [1.807, 2.05) is 0 Å². The maximum absolute atomic E-state index is 13.0. The van der Waals surface area contributed by atoms with Crippen LogP contribution in [0.25, 0.3) is 0 Å². The lowest BCUT2D eigenvalue weighted by atomic mass is 10.1. The van der Waals surface area contributed by atoms with Crippen LogP contribution in [0, 0.1) is 12.7 Å². The van der Waals surface area contributed by atoms with Crippen molar-refractivity contribution >= 4 is 5.91 Å². The largest absolute Gasteiger partial charge is 0.377 e. The summed E-state index contributed by atoms with van der Waals surface area (Å²) in [5.41, 5.74) is 1.20. The van der Waals surface area contributed by atoms with Crippen LogP contribution in [0.15, 0.2) is 35.1 Å². The summed E-state index contributed by atoms with van der Waals surface area (Å²) >= 11 is 0. The molecule has 0 radical (unpaired) electrons. The molecule has 0 aliphatic carbocycles. The summed E-state index contributed by atoms with van der Waals surface area (Å²) in [6, 6.07) is 7.19. The van der Waals surface area contributed by atoms with Crippen molar-refractivity contribution in [2.75, 3.05) is 19.8 Å². The van der Waals surface area contributed by atoms with Crippen LogP contribution in [0.2, 0.25) is 0 Å². The van der Waals surface area contributed by atoms with Crippen molar-refractivity contribution in [2.24, 2.45) is 0 Å². The van der Waals surface area contributed by atoms with Crippen LogP contribution in [0.4, 0.5) is 4.39 Å². The summed E-state index contributed by atoms with van der Waals surface area (Å²) in [7, 11) is 0. The number of aryl methyl sites for hydroxylation is 2. The Bertz CT molecular complexity index is 804. The Balaban J connectivity index is 1.72. The lowest BCUT2D eigenvalue weighted by Gasteiger charge is -2.35. The van der Waals surface area contributed by atoms with Crippen LogP contribution in [0.3, 0.4) is 0 Å². The van der Waals surface area contributed by atoms with Crippen molar-refractivity contribution in [3.8, 4) is 0 Å². The summed E-state index contributed by atoms with van der Waals surface area (Å²) in [6.45, 7) is 2.94. The van der Waals surface area contributed by atoms with Crippen molar-refractivity contribution in [2.45, 2.75) is 25.8 Å². The van der Waals surface area contributed by atoms with Gasteiger partial charge >= 0.3 is 0 Å². The molecule has 1 amide bonds. The van der Waals surface area contributed by atoms with E-state index in [4.69, 9.17) is 4.74 Å². The Morgan fingerprint density at radius 3 is 2.88 bits per heavy atom. The number of ether oxygens (including phenoxy) is 1. The number of rotatable bonds is 4. The first-order valence-electron chi connectivity index (χ1n) is 8.22. The first kappa shape index (κ1) is 17.3. The minimum Gasteiger partial charge on any atom is -0.377 e. The normalized spacial score (nSPS) is 17.5. The fourth-order valence-electron chi connectivity index (χ4n) is 2.97. The Hall–Kier alpha value is -2.54. The minimum atomic E-state index is -0.365. The molecule has 3 rings (SSSR count). The number of carbonyl (C=O) groups is 1. The molecule has 1 aromatic carbocycles. The lowest BCUT2D eigenvalue weighted by molar-refractivity contribution is -0.140. The Labute approximate surface area is 144 Å². The Kier molecular flexibility index (Phi) is 5.23. The SMILES string of the molecule is Cc1nc([C@@H]2COCCN2C(=O)CCc2ccc(F)cc2)cc(=O)[nH]1. The van der Waals surface area contributed by atoms with Crippen molar-refractivity contribution in [1.29, 1.82) is 0 Å². The number of hydrogen-bond donors (Lipinski definition) is 1. The third-order valence-electron chi connectivity index (χ3n) is 4.21. The van der Waals surface area contributed by atoms with Crippen molar-refractivity contribution in [3.05, 3.63) is 63.6 Å². The van der Waals surface area contributed by atoms with Gasteiger partial charge in [0.15, 0.2) is 0 Å². The second kappa shape index (κ2) is 7.57. The third-order valence-corrected chi connectivity index (χ3v) is 4.21. The van der Waals surface area contributed by atoms with Gasteiger partial charge in [0.05, 0.1) is 24.9 Å². The van der Waals surface area contributed by atoms with Crippen LogP contribution < -0.4 is 5.56 Å². The van der Waals surface area contributed by atoms with Gasteiger partial charge in [0, 0.05) is 19.0 Å². The molecule has 0 spiro atoms. The van der Waals surface area contributed by atoms with E-state index >= 15 is 0 Å². The number of H-pyrrole nitrogens is 1. The molecule has 0 saturated carbocycles. The van der Waals surface area contributed by atoms with Gasteiger partial charge in [-0.15, -0.1) is 0 Å². The number of aromatic nitrogens is 2. The number of nitrogens with zero attached hydrogens (tertiary/aromatic N) is 2. The van der Waals surface area contributed by atoms with Crippen molar-refractivity contribution in [1.82, 2.24) is 14.9 Å². The predicted octanol–water partition coefficient (Wildman–Crippen LogP) is 1.75. The average Bonchev–Trinajstić information content (AvgIpc) is 2.60. The van der Waals surface area contributed by atoms with E-state index in [-0.39, 0.29) is 23.3 Å². The second-order valence-electron chi connectivity index (χ2n) is 6.06. The quantitative estimate of drug-likeness (QED) is 0.916. The topological polar surface area (TPSA) is 75.3 Å². The van der Waals surface area contributed by atoms with Crippen LogP contribution in [-0.2, 0) is 16.0 Å². The van der Waals surface area contributed by atoms with Gasteiger partial charge in [-0.25, -0.2) is 9.37 Å². The molecule has 1 fully saturated rings. The zero-order valence-electron chi connectivity index (χ0n) is 14.0. The van der Waals surface area contributed by atoms with E-state index in [0.717, 1.165) is 5.56 Å². The highest BCUT2D eigenvalue weighted by Gasteiger charge is 2.29. The molecule has 1 saturated heterocycles. The number of hydrogen-bond acceptors (Lipinski definition) is 4. The molecule has 1 atom stereocenters. The molecule has 2 aromatic rings. The second-order valence-corrected chi connectivity index (χ2v) is 6.06. The summed E-state index contributed by atoms with van der Waals surface area (Å²) in [5.74, 6) is 0.184. The summed E-state index contributed by atoms with van der Waals surface area (Å²) in [6.07, 6.45) is 0.843. The molecule has 2 heterocycles. The molecule has 1 aromatic heterocycles. The number of benzene rings is 1. The molecule has 0 unspecified atom stereocenters. The number of carbonyl (C=O) groups excluding carboxylic acids is 1. The van der Waals surface area contributed by atoms with Crippen LogP contribution in [0.1, 0.15) is 29.5 Å². The van der Waals surface area contributed by atoms with Gasteiger partial charge in [-0.05, 0) is 31.0 Å². The van der Waals surface area contributed by atoms with Gasteiger partial charge in [-0.2, -0.15) is 0 Å². The average molecular weight is 345 g/mol. The fourth-order valence-corrected chi connectivity index (χ4v) is 2.97. The number of nitrogens with one attached hydrogen (secondary N) is 1. The van der Waals surface area contributed by atoms with Crippen molar-refractivity contribution in [3.63, 3.8) is 0 Å². The van der Waals surface area contributed by atoms with E-state index in [9.17, 15) is 14.0 Å². The number of amides is 1. The molecule has 6 nitrogen and oxygen atoms in total. The van der Waals surface area contributed by atoms with Crippen molar-refractivity contribution < 1.29 is 13.9 Å². The monoisotopic (exact) mass is 345 g/mol. The fraction of sp³-hybridized carbons (Fsp3) is 0.389.